The van der Waals surface area contributed by atoms with Gasteiger partial charge in [-0.25, -0.2) is 0 Å². The van der Waals surface area contributed by atoms with Crippen molar-refractivity contribution in [2.45, 2.75) is 26.3 Å². The number of methoxy groups -OCH3 is 1. The number of likely N-dealkylation sites (N-methyl/N-ethyl adjacent to an activating group) is 1. The molecule has 0 fully saturated rings. The molecule has 4 heteroatoms. The number of ether oxygens (including phenoxy) is 1. The molecule has 0 aliphatic heterocycles. The smallest absolute Gasteiger partial charge is 0.122 e. The summed E-state index contributed by atoms with van der Waals surface area (Å²) in [5.41, 5.74) is 1.22. The number of hydrogen-bond donors (Lipinski definition) is 1. The number of rotatable bonds is 6. The van der Waals surface area contributed by atoms with Crippen molar-refractivity contribution in [1.29, 1.82) is 0 Å². The lowest BCUT2D eigenvalue weighted by Gasteiger charge is -2.18. The van der Waals surface area contributed by atoms with Crippen molar-refractivity contribution < 1.29 is 4.74 Å². The molecule has 20 heavy (non-hydrogen) atoms. The Bertz CT molecular complexity index is 567. The Balaban J connectivity index is 2.26. The maximum Gasteiger partial charge on any atom is 0.122 e. The van der Waals surface area contributed by atoms with Crippen LogP contribution in [0.4, 0.5) is 0 Å². The van der Waals surface area contributed by atoms with Gasteiger partial charge in [0.15, 0.2) is 0 Å². The number of hydrogen-bond acceptors (Lipinski definition) is 3. The summed E-state index contributed by atoms with van der Waals surface area (Å²) in [5, 5.41) is 3.57. The minimum absolute atomic E-state index is 0.335. The van der Waals surface area contributed by atoms with Gasteiger partial charge < -0.3 is 10.1 Å². The van der Waals surface area contributed by atoms with Crippen LogP contribution < -0.4 is 10.1 Å². The molecule has 0 bridgehead atoms. The van der Waals surface area contributed by atoms with E-state index in [0.29, 0.717) is 6.04 Å². The third kappa shape index (κ3) is 3.84. The highest BCUT2D eigenvalue weighted by Gasteiger charge is 2.15. The van der Waals surface area contributed by atoms with Crippen LogP contribution in [-0.2, 0) is 6.42 Å². The Kier molecular flexibility index (Phi) is 5.64. The fourth-order valence-electron chi connectivity index (χ4n) is 2.29. The molecule has 1 unspecified atom stereocenters. The van der Waals surface area contributed by atoms with Crippen molar-refractivity contribution in [2.24, 2.45) is 0 Å². The predicted octanol–water partition coefficient (Wildman–Crippen LogP) is 4.72. The van der Waals surface area contributed by atoms with E-state index in [-0.39, 0.29) is 0 Å². The van der Waals surface area contributed by atoms with Gasteiger partial charge in [0, 0.05) is 20.3 Å². The molecule has 1 aromatic carbocycles. The zero-order valence-corrected chi connectivity index (χ0v) is 14.5. The molecule has 2 rings (SSSR count). The Morgan fingerprint density at radius 1 is 1.30 bits per heavy atom. The Hall–Kier alpha value is -0.840. The zero-order chi connectivity index (χ0) is 14.5. The summed E-state index contributed by atoms with van der Waals surface area (Å²) in [5.74, 6) is 0.949. The van der Waals surface area contributed by atoms with E-state index >= 15 is 0 Å². The van der Waals surface area contributed by atoms with Gasteiger partial charge >= 0.3 is 0 Å². The summed E-state index contributed by atoms with van der Waals surface area (Å²) >= 11 is 5.40. The summed E-state index contributed by atoms with van der Waals surface area (Å²) in [6.07, 6.45) is 0.927. The van der Waals surface area contributed by atoms with E-state index in [1.807, 2.05) is 23.5 Å². The number of aryl methyl sites for hydroxylation is 1. The number of halogens is 1. The molecule has 0 aliphatic rings. The van der Waals surface area contributed by atoms with Crippen molar-refractivity contribution in [3.8, 4) is 5.75 Å². The molecule has 1 N–H and O–H groups in total. The Morgan fingerprint density at radius 2 is 2.10 bits per heavy atom. The van der Waals surface area contributed by atoms with Gasteiger partial charge in [0.1, 0.15) is 5.75 Å². The molecule has 0 saturated heterocycles. The Labute approximate surface area is 133 Å². The molecule has 1 heterocycles. The van der Waals surface area contributed by atoms with Gasteiger partial charge in [-0.15, -0.1) is 11.3 Å². The lowest BCUT2D eigenvalue weighted by molar-refractivity contribution is 0.406. The van der Waals surface area contributed by atoms with E-state index in [0.717, 1.165) is 23.2 Å². The molecule has 0 spiro atoms. The lowest BCUT2D eigenvalue weighted by Crippen LogP contribution is -2.22. The summed E-state index contributed by atoms with van der Waals surface area (Å²) in [6, 6.07) is 10.9. The highest BCUT2D eigenvalue weighted by atomic mass is 79.9. The van der Waals surface area contributed by atoms with Crippen LogP contribution in [-0.4, -0.2) is 13.7 Å². The first-order valence-electron chi connectivity index (χ1n) is 6.76. The molecule has 2 nitrogen and oxygen atoms in total. The van der Waals surface area contributed by atoms with Gasteiger partial charge in [0.05, 0.1) is 7.11 Å². The van der Waals surface area contributed by atoms with Gasteiger partial charge in [-0.1, -0.05) is 22.9 Å². The summed E-state index contributed by atoms with van der Waals surface area (Å²) < 4.78 is 6.56. The normalized spacial score (nSPS) is 12.4. The standard InChI is InChI=1S/C16H20BrNOS/c1-4-18-14(16-8-5-11(2)20-16)10-12-9-13(17)6-7-15(12)19-3/h5-9,14,18H,4,10H2,1-3H3. The van der Waals surface area contributed by atoms with E-state index < -0.39 is 0 Å². The highest BCUT2D eigenvalue weighted by molar-refractivity contribution is 9.10. The number of thiophene rings is 1. The molecular weight excluding hydrogens is 334 g/mol. The fraction of sp³-hybridized carbons (Fsp3) is 0.375. The molecule has 1 aromatic heterocycles. The van der Waals surface area contributed by atoms with Crippen molar-refractivity contribution >= 4 is 27.3 Å². The second-order valence-electron chi connectivity index (χ2n) is 4.72. The second-order valence-corrected chi connectivity index (χ2v) is 6.95. The maximum absolute atomic E-state index is 5.48. The minimum Gasteiger partial charge on any atom is -0.496 e. The van der Waals surface area contributed by atoms with Crippen molar-refractivity contribution in [1.82, 2.24) is 5.32 Å². The van der Waals surface area contributed by atoms with E-state index in [2.05, 4.69) is 53.3 Å². The van der Waals surface area contributed by atoms with E-state index in [1.165, 1.54) is 15.3 Å². The van der Waals surface area contributed by atoms with Crippen LogP contribution in [0.3, 0.4) is 0 Å². The van der Waals surface area contributed by atoms with Gasteiger partial charge in [0.2, 0.25) is 0 Å². The average molecular weight is 354 g/mol. The molecule has 0 amide bonds. The van der Waals surface area contributed by atoms with Crippen molar-refractivity contribution in [3.63, 3.8) is 0 Å². The van der Waals surface area contributed by atoms with Crippen molar-refractivity contribution in [3.05, 3.63) is 50.1 Å². The third-order valence-corrected chi connectivity index (χ3v) is 4.83. The van der Waals surface area contributed by atoms with Crippen LogP contribution >= 0.6 is 27.3 Å². The quantitative estimate of drug-likeness (QED) is 0.810. The molecule has 0 aliphatic carbocycles. The first-order valence-corrected chi connectivity index (χ1v) is 8.37. The minimum atomic E-state index is 0.335. The summed E-state index contributed by atoms with van der Waals surface area (Å²) in [4.78, 5) is 2.73. The first-order chi connectivity index (χ1) is 9.63. The topological polar surface area (TPSA) is 21.3 Å². The van der Waals surface area contributed by atoms with Gasteiger partial charge in [-0.3, -0.25) is 0 Å². The van der Waals surface area contributed by atoms with Gasteiger partial charge in [-0.2, -0.15) is 0 Å². The SMILES string of the molecule is CCNC(Cc1cc(Br)ccc1OC)c1ccc(C)s1. The Morgan fingerprint density at radius 3 is 2.70 bits per heavy atom. The molecule has 0 radical (unpaired) electrons. The van der Waals surface area contributed by atoms with E-state index in [9.17, 15) is 0 Å². The maximum atomic E-state index is 5.48. The third-order valence-electron chi connectivity index (χ3n) is 3.22. The molecule has 2 aromatic rings. The first kappa shape index (κ1) is 15.5. The number of benzene rings is 1. The number of nitrogens with one attached hydrogen (secondary N) is 1. The van der Waals surface area contributed by atoms with Gasteiger partial charge in [0.25, 0.3) is 0 Å². The molecular formula is C16H20BrNOS. The largest absolute Gasteiger partial charge is 0.496 e. The second kappa shape index (κ2) is 7.25. The predicted molar refractivity (Wildman–Crippen MR) is 89.9 cm³/mol. The summed E-state index contributed by atoms with van der Waals surface area (Å²) in [7, 11) is 1.73. The summed E-state index contributed by atoms with van der Waals surface area (Å²) in [6.45, 7) is 5.25. The fourth-order valence-corrected chi connectivity index (χ4v) is 3.65. The highest BCUT2D eigenvalue weighted by Crippen LogP contribution is 2.30. The molecule has 1 atom stereocenters. The molecule has 0 saturated carbocycles. The zero-order valence-electron chi connectivity index (χ0n) is 12.1. The lowest BCUT2D eigenvalue weighted by atomic mass is 10.0. The van der Waals surface area contributed by atoms with Crippen LogP contribution in [0.1, 0.15) is 28.3 Å². The van der Waals surface area contributed by atoms with E-state index in [4.69, 9.17) is 4.74 Å². The van der Waals surface area contributed by atoms with Crippen LogP contribution in [0.15, 0.2) is 34.8 Å². The average Bonchev–Trinajstić information content (AvgIpc) is 2.85. The van der Waals surface area contributed by atoms with Crippen LogP contribution in [0.2, 0.25) is 0 Å². The van der Waals surface area contributed by atoms with Crippen LogP contribution in [0, 0.1) is 6.92 Å². The van der Waals surface area contributed by atoms with Crippen molar-refractivity contribution in [2.75, 3.05) is 13.7 Å². The molecule has 108 valence electrons. The van der Waals surface area contributed by atoms with Gasteiger partial charge in [-0.05, 0) is 55.8 Å². The monoisotopic (exact) mass is 353 g/mol. The van der Waals surface area contributed by atoms with E-state index in [1.54, 1.807) is 7.11 Å². The van der Waals surface area contributed by atoms with Crippen LogP contribution in [0.25, 0.3) is 0 Å². The van der Waals surface area contributed by atoms with Crippen LogP contribution in [0.5, 0.6) is 5.75 Å².